The van der Waals surface area contributed by atoms with Gasteiger partial charge < -0.3 is 9.64 Å². The van der Waals surface area contributed by atoms with Crippen LogP contribution in [-0.4, -0.2) is 35.3 Å². The molecule has 0 aromatic heterocycles. The number of carbonyl (C=O) groups excluding carboxylic acids is 1. The van der Waals surface area contributed by atoms with Gasteiger partial charge in [0.05, 0.1) is 12.4 Å². The van der Waals surface area contributed by atoms with Crippen LogP contribution in [0.3, 0.4) is 0 Å². The summed E-state index contributed by atoms with van der Waals surface area (Å²) in [5.41, 5.74) is 0.771. The number of halogens is 1. The molecule has 1 atom stereocenters. The lowest BCUT2D eigenvalue weighted by atomic mass is 10.2. The van der Waals surface area contributed by atoms with E-state index in [1.807, 2.05) is 39.5 Å². The Labute approximate surface area is 137 Å². The van der Waals surface area contributed by atoms with Crippen molar-refractivity contribution in [3.63, 3.8) is 0 Å². The first-order chi connectivity index (χ1) is 10.3. The molecule has 0 saturated heterocycles. The van der Waals surface area contributed by atoms with E-state index in [1.54, 1.807) is 13.2 Å². The van der Waals surface area contributed by atoms with Crippen molar-refractivity contribution >= 4 is 17.7 Å². The van der Waals surface area contributed by atoms with Crippen LogP contribution in [0.4, 0.5) is 4.39 Å². The van der Waals surface area contributed by atoms with E-state index in [0.717, 1.165) is 5.56 Å². The van der Waals surface area contributed by atoms with Crippen LogP contribution in [0.2, 0.25) is 0 Å². The van der Waals surface area contributed by atoms with Gasteiger partial charge in [0.25, 0.3) is 0 Å². The highest BCUT2D eigenvalue weighted by molar-refractivity contribution is 7.99. The highest BCUT2D eigenvalue weighted by atomic mass is 32.2. The van der Waals surface area contributed by atoms with Gasteiger partial charge in [0.2, 0.25) is 5.91 Å². The summed E-state index contributed by atoms with van der Waals surface area (Å²) in [6.07, 6.45) is 0. The van der Waals surface area contributed by atoms with E-state index in [1.165, 1.54) is 23.9 Å². The van der Waals surface area contributed by atoms with Crippen molar-refractivity contribution in [1.82, 2.24) is 4.90 Å². The normalized spacial score (nSPS) is 12.6. The van der Waals surface area contributed by atoms with E-state index in [9.17, 15) is 9.18 Å². The van der Waals surface area contributed by atoms with Gasteiger partial charge in [0.1, 0.15) is 11.6 Å². The summed E-state index contributed by atoms with van der Waals surface area (Å²) < 4.78 is 18.6. The van der Waals surface area contributed by atoms with Gasteiger partial charge in [-0.3, -0.25) is 4.79 Å². The maximum absolute atomic E-state index is 13.4. The first-order valence-electron chi connectivity index (χ1n) is 7.54. The Morgan fingerprint density at radius 1 is 1.23 bits per heavy atom. The number of benzene rings is 1. The van der Waals surface area contributed by atoms with Crippen molar-refractivity contribution in [2.45, 2.75) is 57.7 Å². The van der Waals surface area contributed by atoms with Crippen LogP contribution in [0.1, 0.15) is 40.2 Å². The third-order valence-corrected chi connectivity index (χ3v) is 4.63. The van der Waals surface area contributed by atoms with E-state index >= 15 is 0 Å². The van der Waals surface area contributed by atoms with E-state index in [2.05, 4.69) is 0 Å². The molecule has 0 spiro atoms. The van der Waals surface area contributed by atoms with Crippen LogP contribution in [0.25, 0.3) is 0 Å². The minimum atomic E-state index is -0.290. The van der Waals surface area contributed by atoms with Gasteiger partial charge in [-0.1, -0.05) is 0 Å². The summed E-state index contributed by atoms with van der Waals surface area (Å²) in [4.78, 5) is 14.5. The van der Waals surface area contributed by atoms with Crippen LogP contribution < -0.4 is 4.74 Å². The number of ether oxygens (including phenoxy) is 1. The summed E-state index contributed by atoms with van der Waals surface area (Å²) >= 11 is 1.50. The van der Waals surface area contributed by atoms with Gasteiger partial charge >= 0.3 is 0 Å². The predicted molar refractivity (Wildman–Crippen MR) is 90.8 cm³/mol. The molecule has 0 aliphatic rings. The Balaban J connectivity index is 2.75. The Morgan fingerprint density at radius 2 is 1.82 bits per heavy atom. The second-order valence-corrected chi connectivity index (χ2v) is 7.17. The quantitative estimate of drug-likeness (QED) is 0.755. The lowest BCUT2D eigenvalue weighted by molar-refractivity contribution is -0.133. The molecule has 1 rings (SSSR count). The molecule has 0 fully saturated rings. The number of amides is 1. The van der Waals surface area contributed by atoms with Crippen molar-refractivity contribution < 1.29 is 13.9 Å². The lowest BCUT2D eigenvalue weighted by Gasteiger charge is -2.33. The highest BCUT2D eigenvalue weighted by Gasteiger charge is 2.25. The Kier molecular flexibility index (Phi) is 7.20. The van der Waals surface area contributed by atoms with Crippen molar-refractivity contribution in [1.29, 1.82) is 0 Å². The summed E-state index contributed by atoms with van der Waals surface area (Å²) in [5.74, 6) is 1.02. The summed E-state index contributed by atoms with van der Waals surface area (Å²) in [6.45, 7) is 9.97. The maximum atomic E-state index is 13.4. The fourth-order valence-corrected chi connectivity index (χ4v) is 3.38. The van der Waals surface area contributed by atoms with Crippen molar-refractivity contribution in [2.24, 2.45) is 0 Å². The van der Waals surface area contributed by atoms with Gasteiger partial charge in [-0.2, -0.15) is 0 Å². The van der Waals surface area contributed by atoms with Crippen molar-refractivity contribution in [3.8, 4) is 5.75 Å². The van der Waals surface area contributed by atoms with Gasteiger partial charge in [-0.05, 0) is 52.8 Å². The van der Waals surface area contributed by atoms with E-state index < -0.39 is 0 Å². The van der Waals surface area contributed by atoms with Gasteiger partial charge in [-0.15, -0.1) is 11.8 Å². The minimum Gasteiger partial charge on any atom is -0.496 e. The van der Waals surface area contributed by atoms with Crippen molar-refractivity contribution in [2.75, 3.05) is 7.11 Å². The van der Waals surface area contributed by atoms with Gasteiger partial charge in [-0.25, -0.2) is 4.39 Å². The number of carbonyl (C=O) groups is 1. The molecule has 3 nitrogen and oxygen atoms in total. The summed E-state index contributed by atoms with van der Waals surface area (Å²) in [7, 11) is 1.56. The topological polar surface area (TPSA) is 29.5 Å². The number of hydrogen-bond donors (Lipinski definition) is 0. The number of rotatable bonds is 7. The summed E-state index contributed by atoms with van der Waals surface area (Å²) in [5, 5.41) is -0.183. The molecule has 124 valence electrons. The Hall–Kier alpha value is -1.23. The molecular weight excluding hydrogens is 301 g/mol. The molecular formula is C17H26FNO2S. The van der Waals surface area contributed by atoms with Crippen LogP contribution in [0.15, 0.2) is 18.2 Å². The zero-order chi connectivity index (χ0) is 16.9. The average Bonchev–Trinajstić information content (AvgIpc) is 2.43. The van der Waals surface area contributed by atoms with E-state index in [0.29, 0.717) is 11.5 Å². The highest BCUT2D eigenvalue weighted by Crippen LogP contribution is 2.27. The molecule has 0 bridgehead atoms. The van der Waals surface area contributed by atoms with Crippen LogP contribution in [0.5, 0.6) is 5.75 Å². The molecule has 0 N–H and O–H groups in total. The van der Waals surface area contributed by atoms with Gasteiger partial charge in [0, 0.05) is 23.4 Å². The fraction of sp³-hybridized carbons (Fsp3) is 0.588. The molecule has 0 aliphatic heterocycles. The second kappa shape index (κ2) is 8.42. The lowest BCUT2D eigenvalue weighted by Crippen LogP contribution is -2.45. The molecule has 0 saturated carbocycles. The first-order valence-corrected chi connectivity index (χ1v) is 8.59. The summed E-state index contributed by atoms with van der Waals surface area (Å²) in [6, 6.07) is 4.79. The maximum Gasteiger partial charge on any atom is 0.235 e. The average molecular weight is 327 g/mol. The number of nitrogens with zero attached hydrogens (tertiary/aromatic N) is 1. The smallest absolute Gasteiger partial charge is 0.235 e. The molecule has 22 heavy (non-hydrogen) atoms. The van der Waals surface area contributed by atoms with E-state index in [4.69, 9.17) is 4.74 Å². The van der Waals surface area contributed by atoms with Crippen molar-refractivity contribution in [3.05, 3.63) is 29.6 Å². The third-order valence-electron chi connectivity index (χ3n) is 3.45. The van der Waals surface area contributed by atoms with Crippen LogP contribution >= 0.6 is 11.8 Å². The zero-order valence-electron chi connectivity index (χ0n) is 14.2. The molecule has 1 unspecified atom stereocenters. The number of methoxy groups -OCH3 is 1. The monoisotopic (exact) mass is 327 g/mol. The van der Waals surface area contributed by atoms with Crippen LogP contribution in [-0.2, 0) is 10.5 Å². The number of thioether (sulfide) groups is 1. The first kappa shape index (κ1) is 18.8. The molecule has 1 aromatic rings. The molecule has 0 aliphatic carbocycles. The predicted octanol–water partition coefficient (Wildman–Crippen LogP) is 4.10. The standard InChI is InChI=1S/C17H26FNO2S/c1-11(2)19(12(3)4)17(20)13(5)22-10-14-9-15(18)7-8-16(14)21-6/h7-9,11-13H,10H2,1-6H3. The largest absolute Gasteiger partial charge is 0.496 e. The SMILES string of the molecule is COc1ccc(F)cc1CSC(C)C(=O)N(C(C)C)C(C)C. The molecule has 5 heteroatoms. The Bertz CT molecular complexity index is 497. The van der Waals surface area contributed by atoms with E-state index in [-0.39, 0.29) is 29.1 Å². The second-order valence-electron chi connectivity index (χ2n) is 5.84. The molecule has 1 amide bonds. The molecule has 0 radical (unpaired) electrons. The van der Waals surface area contributed by atoms with Gasteiger partial charge in [0.15, 0.2) is 0 Å². The van der Waals surface area contributed by atoms with Crippen LogP contribution in [0, 0.1) is 5.82 Å². The molecule has 0 heterocycles. The molecule has 1 aromatic carbocycles. The fourth-order valence-electron chi connectivity index (χ4n) is 2.46. The zero-order valence-corrected chi connectivity index (χ0v) is 15.0. The number of hydrogen-bond acceptors (Lipinski definition) is 3. The minimum absolute atomic E-state index is 0.116. The third kappa shape index (κ3) is 4.90. The Morgan fingerprint density at radius 3 is 2.32 bits per heavy atom.